The van der Waals surface area contributed by atoms with E-state index in [1.807, 2.05) is 6.07 Å². The Morgan fingerprint density at radius 1 is 1.67 bits per heavy atom. The third-order valence-electron chi connectivity index (χ3n) is 1.63. The molecular weight excluding hydrogens is 168 g/mol. The third-order valence-corrected chi connectivity index (χ3v) is 2.91. The van der Waals surface area contributed by atoms with Crippen LogP contribution in [0.2, 0.25) is 0 Å². The number of rotatable bonds is 3. The summed E-state index contributed by atoms with van der Waals surface area (Å²) < 4.78 is 0. The fourth-order valence-corrected chi connectivity index (χ4v) is 1.65. The molecule has 1 aromatic rings. The molecule has 0 aliphatic rings. The molecule has 1 heterocycles. The highest BCUT2D eigenvalue weighted by Crippen LogP contribution is 2.22. The Hall–Kier alpha value is -0.540. The van der Waals surface area contributed by atoms with Crippen LogP contribution >= 0.6 is 11.8 Å². The molecule has 0 saturated carbocycles. The van der Waals surface area contributed by atoms with Gasteiger partial charge in [-0.3, -0.25) is 0 Å². The van der Waals surface area contributed by atoms with Crippen molar-refractivity contribution in [2.24, 2.45) is 5.73 Å². The van der Waals surface area contributed by atoms with Crippen LogP contribution < -0.4 is 5.73 Å². The number of nitrogens with zero attached hydrogens (tertiary/aromatic N) is 1. The molecule has 1 rings (SSSR count). The summed E-state index contributed by atoms with van der Waals surface area (Å²) in [7, 11) is 0. The Bertz CT molecular complexity index is 250. The number of aromatic nitrogens is 1. The molecule has 1 aromatic heterocycles. The predicted octanol–water partition coefficient (Wildman–Crippen LogP) is 2.18. The maximum Gasteiger partial charge on any atom is 0.100 e. The molecule has 0 aliphatic carbocycles. The van der Waals surface area contributed by atoms with Crippen molar-refractivity contribution < 1.29 is 0 Å². The standard InChI is InChI=1S/C9H14N2S/c1-3-8(10)12-9-7(2)5-4-6-11-9/h4-6,8H,3,10H2,1-2H3. The molecule has 0 bridgehead atoms. The number of hydrogen-bond acceptors (Lipinski definition) is 3. The Balaban J connectivity index is 2.69. The molecule has 12 heavy (non-hydrogen) atoms. The van der Waals surface area contributed by atoms with Gasteiger partial charge in [0.05, 0.1) is 5.37 Å². The molecule has 3 heteroatoms. The predicted molar refractivity (Wildman–Crippen MR) is 53.1 cm³/mol. The van der Waals surface area contributed by atoms with E-state index >= 15 is 0 Å². The van der Waals surface area contributed by atoms with Crippen molar-refractivity contribution in [3.63, 3.8) is 0 Å². The lowest BCUT2D eigenvalue weighted by molar-refractivity contribution is 0.863. The largest absolute Gasteiger partial charge is 0.319 e. The molecule has 2 N–H and O–H groups in total. The fourth-order valence-electron chi connectivity index (χ4n) is 0.821. The first-order valence-electron chi connectivity index (χ1n) is 4.08. The minimum atomic E-state index is 0.165. The highest BCUT2D eigenvalue weighted by Gasteiger charge is 2.04. The van der Waals surface area contributed by atoms with Crippen molar-refractivity contribution in [1.29, 1.82) is 0 Å². The van der Waals surface area contributed by atoms with Crippen molar-refractivity contribution in [2.75, 3.05) is 0 Å². The van der Waals surface area contributed by atoms with Gasteiger partial charge in [0.25, 0.3) is 0 Å². The first-order valence-corrected chi connectivity index (χ1v) is 4.96. The molecule has 0 aromatic carbocycles. The average Bonchev–Trinajstić information content (AvgIpc) is 2.09. The lowest BCUT2D eigenvalue weighted by Gasteiger charge is -2.08. The van der Waals surface area contributed by atoms with Gasteiger partial charge in [-0.05, 0) is 25.0 Å². The van der Waals surface area contributed by atoms with E-state index in [1.165, 1.54) is 5.56 Å². The van der Waals surface area contributed by atoms with Gasteiger partial charge in [0.2, 0.25) is 0 Å². The van der Waals surface area contributed by atoms with Gasteiger partial charge in [0, 0.05) is 6.20 Å². The molecular formula is C9H14N2S. The van der Waals surface area contributed by atoms with Gasteiger partial charge >= 0.3 is 0 Å². The topological polar surface area (TPSA) is 38.9 Å². The first-order chi connectivity index (χ1) is 5.74. The summed E-state index contributed by atoms with van der Waals surface area (Å²) in [6.45, 7) is 4.13. The van der Waals surface area contributed by atoms with E-state index in [1.54, 1.807) is 18.0 Å². The highest BCUT2D eigenvalue weighted by molar-refractivity contribution is 7.99. The van der Waals surface area contributed by atoms with Crippen LogP contribution in [-0.2, 0) is 0 Å². The van der Waals surface area contributed by atoms with Crippen molar-refractivity contribution in [1.82, 2.24) is 4.98 Å². The molecule has 0 saturated heterocycles. The average molecular weight is 182 g/mol. The maximum absolute atomic E-state index is 5.80. The molecule has 1 unspecified atom stereocenters. The molecule has 1 atom stereocenters. The van der Waals surface area contributed by atoms with Gasteiger partial charge in [-0.15, -0.1) is 0 Å². The number of thioether (sulfide) groups is 1. The van der Waals surface area contributed by atoms with Crippen molar-refractivity contribution in [3.05, 3.63) is 23.9 Å². The number of pyridine rings is 1. The van der Waals surface area contributed by atoms with Crippen LogP contribution in [0.15, 0.2) is 23.4 Å². The number of aryl methyl sites for hydroxylation is 1. The van der Waals surface area contributed by atoms with E-state index < -0.39 is 0 Å². The zero-order valence-electron chi connectivity index (χ0n) is 7.45. The number of hydrogen-bond donors (Lipinski definition) is 1. The summed E-state index contributed by atoms with van der Waals surface area (Å²) in [6, 6.07) is 3.99. The fraction of sp³-hybridized carbons (Fsp3) is 0.444. The summed E-state index contributed by atoms with van der Waals surface area (Å²) in [5, 5.41) is 1.21. The lowest BCUT2D eigenvalue weighted by Crippen LogP contribution is -2.13. The monoisotopic (exact) mass is 182 g/mol. The van der Waals surface area contributed by atoms with E-state index in [0.717, 1.165) is 11.4 Å². The minimum Gasteiger partial charge on any atom is -0.319 e. The summed E-state index contributed by atoms with van der Waals surface area (Å²) in [5.74, 6) is 0. The van der Waals surface area contributed by atoms with Gasteiger partial charge in [-0.2, -0.15) is 0 Å². The van der Waals surface area contributed by atoms with E-state index in [-0.39, 0.29) is 5.37 Å². The third kappa shape index (κ3) is 2.50. The van der Waals surface area contributed by atoms with Crippen LogP contribution in [0, 0.1) is 6.92 Å². The zero-order chi connectivity index (χ0) is 8.97. The lowest BCUT2D eigenvalue weighted by atomic mass is 10.3. The van der Waals surface area contributed by atoms with Crippen LogP contribution in [0.4, 0.5) is 0 Å². The first kappa shape index (κ1) is 9.55. The van der Waals surface area contributed by atoms with E-state index in [0.29, 0.717) is 0 Å². The Kier molecular flexibility index (Phi) is 3.56. The molecule has 0 fully saturated rings. The summed E-state index contributed by atoms with van der Waals surface area (Å²) in [4.78, 5) is 4.25. The zero-order valence-corrected chi connectivity index (χ0v) is 8.27. The highest BCUT2D eigenvalue weighted by atomic mass is 32.2. The molecule has 66 valence electrons. The molecule has 0 aliphatic heterocycles. The van der Waals surface area contributed by atoms with Crippen molar-refractivity contribution >= 4 is 11.8 Å². The SMILES string of the molecule is CCC(N)Sc1ncccc1C. The van der Waals surface area contributed by atoms with Crippen LogP contribution in [-0.4, -0.2) is 10.4 Å². The van der Waals surface area contributed by atoms with Gasteiger partial charge in [-0.1, -0.05) is 24.8 Å². The second-order valence-corrected chi connectivity index (χ2v) is 3.92. The van der Waals surface area contributed by atoms with Crippen LogP contribution in [0.3, 0.4) is 0 Å². The van der Waals surface area contributed by atoms with Gasteiger partial charge in [0.1, 0.15) is 5.03 Å². The van der Waals surface area contributed by atoms with Crippen molar-refractivity contribution in [3.8, 4) is 0 Å². The second-order valence-electron chi connectivity index (χ2n) is 2.69. The molecule has 2 nitrogen and oxygen atoms in total. The van der Waals surface area contributed by atoms with Gasteiger partial charge in [-0.25, -0.2) is 4.98 Å². The summed E-state index contributed by atoms with van der Waals surface area (Å²) in [5.41, 5.74) is 7.00. The molecule has 0 amide bonds. The Morgan fingerprint density at radius 3 is 3.00 bits per heavy atom. The quantitative estimate of drug-likeness (QED) is 0.575. The van der Waals surface area contributed by atoms with E-state index in [2.05, 4.69) is 24.9 Å². The normalized spacial score (nSPS) is 12.9. The van der Waals surface area contributed by atoms with Gasteiger partial charge in [0.15, 0.2) is 0 Å². The minimum absolute atomic E-state index is 0.165. The van der Waals surface area contributed by atoms with E-state index in [9.17, 15) is 0 Å². The van der Waals surface area contributed by atoms with E-state index in [4.69, 9.17) is 5.73 Å². The van der Waals surface area contributed by atoms with Crippen molar-refractivity contribution in [2.45, 2.75) is 30.7 Å². The summed E-state index contributed by atoms with van der Waals surface area (Å²) >= 11 is 1.64. The maximum atomic E-state index is 5.80. The second kappa shape index (κ2) is 4.48. The smallest absolute Gasteiger partial charge is 0.100 e. The van der Waals surface area contributed by atoms with Crippen LogP contribution in [0.5, 0.6) is 0 Å². The van der Waals surface area contributed by atoms with Gasteiger partial charge < -0.3 is 5.73 Å². The van der Waals surface area contributed by atoms with Crippen LogP contribution in [0.25, 0.3) is 0 Å². The molecule has 0 radical (unpaired) electrons. The Morgan fingerprint density at radius 2 is 2.42 bits per heavy atom. The summed E-state index contributed by atoms with van der Waals surface area (Å²) in [6.07, 6.45) is 2.78. The molecule has 0 spiro atoms. The number of nitrogens with two attached hydrogens (primary N) is 1. The van der Waals surface area contributed by atoms with Crippen LogP contribution in [0.1, 0.15) is 18.9 Å². The Labute approximate surface area is 77.6 Å².